The van der Waals surface area contributed by atoms with Crippen molar-refractivity contribution >= 4 is 12.3 Å². The first-order valence-electron chi connectivity index (χ1n) is 5.82. The molecule has 0 bridgehead atoms. The van der Waals surface area contributed by atoms with Gasteiger partial charge in [0.25, 0.3) is 0 Å². The van der Waals surface area contributed by atoms with E-state index in [1.165, 1.54) is 0 Å². The summed E-state index contributed by atoms with van der Waals surface area (Å²) in [5.41, 5.74) is 2.10. The van der Waals surface area contributed by atoms with Gasteiger partial charge in [0.2, 0.25) is 0 Å². The summed E-state index contributed by atoms with van der Waals surface area (Å²) in [7, 11) is 0. The van der Waals surface area contributed by atoms with Crippen LogP contribution in [-0.4, -0.2) is 18.9 Å². The molecule has 0 atom stereocenters. The SMILES string of the molecule is CCOC(=O)Cc1c(C#N)cc(CC)cc1C=O. The maximum atomic E-state index is 11.5. The van der Waals surface area contributed by atoms with Gasteiger partial charge in [-0.3, -0.25) is 9.59 Å². The van der Waals surface area contributed by atoms with Gasteiger partial charge in [-0.15, -0.1) is 0 Å². The van der Waals surface area contributed by atoms with Crippen LogP contribution in [-0.2, 0) is 22.4 Å². The molecule has 1 aromatic carbocycles. The lowest BCUT2D eigenvalue weighted by Crippen LogP contribution is -2.11. The van der Waals surface area contributed by atoms with Crippen LogP contribution in [0.5, 0.6) is 0 Å². The van der Waals surface area contributed by atoms with E-state index in [-0.39, 0.29) is 13.0 Å². The van der Waals surface area contributed by atoms with Crippen molar-refractivity contribution in [2.45, 2.75) is 26.7 Å². The van der Waals surface area contributed by atoms with Gasteiger partial charge in [0.05, 0.1) is 24.7 Å². The van der Waals surface area contributed by atoms with Gasteiger partial charge < -0.3 is 4.74 Å². The average molecular weight is 245 g/mol. The molecule has 0 aliphatic carbocycles. The summed E-state index contributed by atoms with van der Waals surface area (Å²) < 4.78 is 4.84. The molecule has 0 aliphatic heterocycles. The second-order valence-corrected chi connectivity index (χ2v) is 3.78. The molecule has 0 saturated carbocycles. The first-order valence-corrected chi connectivity index (χ1v) is 5.82. The summed E-state index contributed by atoms with van der Waals surface area (Å²) in [4.78, 5) is 22.5. The van der Waals surface area contributed by atoms with Crippen LogP contribution >= 0.6 is 0 Å². The highest BCUT2D eigenvalue weighted by molar-refractivity contribution is 5.83. The van der Waals surface area contributed by atoms with Crippen LogP contribution < -0.4 is 0 Å². The van der Waals surface area contributed by atoms with Crippen molar-refractivity contribution in [3.8, 4) is 6.07 Å². The first kappa shape index (κ1) is 13.9. The number of carbonyl (C=O) groups excluding carboxylic acids is 2. The number of nitriles is 1. The molecule has 18 heavy (non-hydrogen) atoms. The summed E-state index contributed by atoms with van der Waals surface area (Å²) in [6.45, 7) is 3.93. The maximum absolute atomic E-state index is 11.5. The van der Waals surface area contributed by atoms with E-state index >= 15 is 0 Å². The molecule has 94 valence electrons. The number of esters is 1. The van der Waals surface area contributed by atoms with E-state index in [0.29, 0.717) is 23.0 Å². The molecule has 1 aromatic rings. The van der Waals surface area contributed by atoms with E-state index in [2.05, 4.69) is 0 Å². The van der Waals surface area contributed by atoms with Crippen molar-refractivity contribution < 1.29 is 14.3 Å². The van der Waals surface area contributed by atoms with Crippen molar-refractivity contribution in [2.75, 3.05) is 6.61 Å². The molecular weight excluding hydrogens is 230 g/mol. The highest BCUT2D eigenvalue weighted by Gasteiger charge is 2.14. The maximum Gasteiger partial charge on any atom is 0.310 e. The minimum absolute atomic E-state index is 0.0468. The Hall–Kier alpha value is -2.15. The van der Waals surface area contributed by atoms with Gasteiger partial charge in [-0.2, -0.15) is 5.26 Å². The third-order valence-corrected chi connectivity index (χ3v) is 2.63. The van der Waals surface area contributed by atoms with Crippen molar-refractivity contribution in [2.24, 2.45) is 0 Å². The molecule has 0 radical (unpaired) electrons. The molecule has 4 heteroatoms. The van der Waals surface area contributed by atoms with Crippen LogP contribution in [0, 0.1) is 11.3 Å². The molecular formula is C14H15NO3. The predicted molar refractivity (Wildman–Crippen MR) is 66.3 cm³/mol. The third kappa shape index (κ3) is 3.17. The fourth-order valence-corrected chi connectivity index (χ4v) is 1.72. The lowest BCUT2D eigenvalue weighted by molar-refractivity contribution is -0.142. The smallest absolute Gasteiger partial charge is 0.310 e. The summed E-state index contributed by atoms with van der Waals surface area (Å²) in [5.74, 6) is -0.429. The number of ether oxygens (including phenoxy) is 1. The van der Waals surface area contributed by atoms with Crippen LogP contribution in [0.2, 0.25) is 0 Å². The minimum atomic E-state index is -0.429. The second kappa shape index (κ2) is 6.55. The van der Waals surface area contributed by atoms with Crippen molar-refractivity contribution in [3.05, 3.63) is 34.4 Å². The highest BCUT2D eigenvalue weighted by Crippen LogP contribution is 2.18. The Bertz CT molecular complexity index is 500. The van der Waals surface area contributed by atoms with Crippen LogP contribution in [0.4, 0.5) is 0 Å². The van der Waals surface area contributed by atoms with Crippen molar-refractivity contribution in [3.63, 3.8) is 0 Å². The molecule has 0 aliphatic rings. The van der Waals surface area contributed by atoms with Gasteiger partial charge in [0, 0.05) is 5.56 Å². The fraction of sp³-hybridized carbons (Fsp3) is 0.357. The zero-order chi connectivity index (χ0) is 13.5. The Balaban J connectivity index is 3.20. The van der Waals surface area contributed by atoms with Crippen LogP contribution in [0.3, 0.4) is 0 Å². The molecule has 0 aromatic heterocycles. The molecule has 0 fully saturated rings. The van der Waals surface area contributed by atoms with E-state index in [4.69, 9.17) is 10.00 Å². The number of nitrogens with zero attached hydrogens (tertiary/aromatic N) is 1. The normalized spacial score (nSPS) is 9.61. The fourth-order valence-electron chi connectivity index (χ4n) is 1.72. The Kier molecular flexibility index (Phi) is 5.06. The lowest BCUT2D eigenvalue weighted by Gasteiger charge is -2.09. The number of aryl methyl sites for hydroxylation is 1. The quantitative estimate of drug-likeness (QED) is 0.588. The zero-order valence-electron chi connectivity index (χ0n) is 10.5. The molecule has 0 unspecified atom stereocenters. The number of hydrogen-bond acceptors (Lipinski definition) is 4. The van der Waals surface area contributed by atoms with Crippen molar-refractivity contribution in [1.82, 2.24) is 0 Å². The van der Waals surface area contributed by atoms with Gasteiger partial charge in [-0.25, -0.2) is 0 Å². The summed E-state index contributed by atoms with van der Waals surface area (Å²) in [5, 5.41) is 9.08. The van der Waals surface area contributed by atoms with Gasteiger partial charge in [-0.05, 0) is 36.6 Å². The topological polar surface area (TPSA) is 67.2 Å². The van der Waals surface area contributed by atoms with E-state index in [1.807, 2.05) is 13.0 Å². The van der Waals surface area contributed by atoms with Crippen molar-refractivity contribution in [1.29, 1.82) is 5.26 Å². The molecule has 0 amide bonds. The van der Waals surface area contributed by atoms with Gasteiger partial charge >= 0.3 is 5.97 Å². The number of hydrogen-bond donors (Lipinski definition) is 0. The standard InChI is InChI=1S/C14H15NO3/c1-3-10-5-11(8-15)13(12(6-10)9-16)7-14(17)18-4-2/h5-6,9H,3-4,7H2,1-2H3. The molecule has 0 saturated heterocycles. The molecule has 4 nitrogen and oxygen atoms in total. The summed E-state index contributed by atoms with van der Waals surface area (Å²) in [6.07, 6.45) is 1.36. The monoisotopic (exact) mass is 245 g/mol. The average Bonchev–Trinajstić information content (AvgIpc) is 2.39. The number of aldehydes is 1. The Morgan fingerprint density at radius 3 is 2.67 bits per heavy atom. The summed E-state index contributed by atoms with van der Waals surface area (Å²) in [6, 6.07) is 5.45. The Labute approximate surface area is 106 Å². The number of rotatable bonds is 5. The van der Waals surface area contributed by atoms with E-state index in [9.17, 15) is 9.59 Å². The van der Waals surface area contributed by atoms with E-state index < -0.39 is 5.97 Å². The minimum Gasteiger partial charge on any atom is -0.466 e. The Morgan fingerprint density at radius 1 is 1.44 bits per heavy atom. The Morgan fingerprint density at radius 2 is 2.17 bits per heavy atom. The molecule has 0 heterocycles. The van der Waals surface area contributed by atoms with E-state index in [0.717, 1.165) is 12.0 Å². The molecule has 0 spiro atoms. The van der Waals surface area contributed by atoms with Crippen LogP contribution in [0.15, 0.2) is 12.1 Å². The van der Waals surface area contributed by atoms with Crippen LogP contribution in [0.25, 0.3) is 0 Å². The highest BCUT2D eigenvalue weighted by atomic mass is 16.5. The van der Waals surface area contributed by atoms with Gasteiger partial charge in [-0.1, -0.05) is 6.92 Å². The first-order chi connectivity index (χ1) is 8.65. The zero-order valence-corrected chi connectivity index (χ0v) is 10.5. The summed E-state index contributed by atoms with van der Waals surface area (Å²) >= 11 is 0. The lowest BCUT2D eigenvalue weighted by atomic mass is 9.95. The van der Waals surface area contributed by atoms with Gasteiger partial charge in [0.1, 0.15) is 6.29 Å². The van der Waals surface area contributed by atoms with Gasteiger partial charge in [0.15, 0.2) is 0 Å². The predicted octanol–water partition coefficient (Wildman–Crippen LogP) is 2.04. The van der Waals surface area contributed by atoms with Crippen LogP contribution in [0.1, 0.15) is 40.9 Å². The molecule has 1 rings (SSSR count). The van der Waals surface area contributed by atoms with E-state index in [1.54, 1.807) is 19.1 Å². The number of benzene rings is 1. The number of carbonyl (C=O) groups is 2. The largest absolute Gasteiger partial charge is 0.466 e. The second-order valence-electron chi connectivity index (χ2n) is 3.78. The third-order valence-electron chi connectivity index (χ3n) is 2.63. The molecule has 0 N–H and O–H groups in total.